The van der Waals surface area contributed by atoms with Crippen LogP contribution in [-0.4, -0.2) is 22.7 Å². The highest BCUT2D eigenvalue weighted by Gasteiger charge is 2.17. The highest BCUT2D eigenvalue weighted by atomic mass is 32.2. The molecule has 0 saturated heterocycles. The molecule has 0 bridgehead atoms. The number of hydrazone groups is 1. The molecular formula is C20H24N4S. The maximum Gasteiger partial charge on any atom is 0.161 e. The summed E-state index contributed by atoms with van der Waals surface area (Å²) in [5.41, 5.74) is 8.44. The Hall–Kier alpha value is -2.27. The van der Waals surface area contributed by atoms with Crippen LogP contribution in [0.25, 0.3) is 0 Å². The van der Waals surface area contributed by atoms with E-state index in [1.54, 1.807) is 0 Å². The molecule has 1 aliphatic heterocycles. The molecule has 0 spiro atoms. The number of aryl methyl sites for hydroxylation is 1. The molecule has 1 heterocycles. The maximum atomic E-state index is 4.55. The first kappa shape index (κ1) is 17.5. The van der Waals surface area contributed by atoms with E-state index in [1.807, 2.05) is 30.8 Å². The van der Waals surface area contributed by atoms with E-state index in [0.717, 1.165) is 40.8 Å². The molecule has 0 aromatic heterocycles. The smallest absolute Gasteiger partial charge is 0.161 e. The Kier molecular flexibility index (Phi) is 5.76. The molecule has 130 valence electrons. The van der Waals surface area contributed by atoms with E-state index in [0.29, 0.717) is 5.25 Å². The van der Waals surface area contributed by atoms with E-state index in [1.165, 1.54) is 5.56 Å². The van der Waals surface area contributed by atoms with Crippen LogP contribution in [0.2, 0.25) is 0 Å². The normalized spacial score (nSPS) is 17.3. The molecule has 1 atom stereocenters. The summed E-state index contributed by atoms with van der Waals surface area (Å²) in [4.78, 5) is 4.55. The number of benzene rings is 2. The second kappa shape index (κ2) is 8.21. The topological polar surface area (TPSA) is 48.8 Å². The van der Waals surface area contributed by atoms with Gasteiger partial charge in [-0.05, 0) is 55.7 Å². The molecule has 0 unspecified atom stereocenters. The Bertz CT molecular complexity index is 781. The average Bonchev–Trinajstić information content (AvgIpc) is 3.08. The fourth-order valence-electron chi connectivity index (χ4n) is 2.54. The van der Waals surface area contributed by atoms with Crippen molar-refractivity contribution in [3.05, 3.63) is 59.7 Å². The Balaban J connectivity index is 1.60. The molecule has 2 aromatic carbocycles. The van der Waals surface area contributed by atoms with Crippen molar-refractivity contribution in [2.24, 2.45) is 10.1 Å². The summed E-state index contributed by atoms with van der Waals surface area (Å²) < 4.78 is 0. The van der Waals surface area contributed by atoms with E-state index < -0.39 is 0 Å². The van der Waals surface area contributed by atoms with Gasteiger partial charge in [-0.25, -0.2) is 0 Å². The van der Waals surface area contributed by atoms with Crippen LogP contribution in [0.1, 0.15) is 31.4 Å². The van der Waals surface area contributed by atoms with E-state index in [4.69, 9.17) is 0 Å². The van der Waals surface area contributed by atoms with Crippen molar-refractivity contribution in [1.82, 2.24) is 0 Å². The van der Waals surface area contributed by atoms with E-state index in [9.17, 15) is 0 Å². The zero-order valence-corrected chi connectivity index (χ0v) is 15.7. The van der Waals surface area contributed by atoms with Crippen molar-refractivity contribution >= 4 is 34.0 Å². The second-order valence-electron chi connectivity index (χ2n) is 6.17. The number of amidine groups is 1. The lowest BCUT2D eigenvalue weighted by Gasteiger charge is -2.08. The van der Waals surface area contributed by atoms with Crippen LogP contribution < -0.4 is 10.7 Å². The SMILES string of the molecule is CC[C@H]1CN=C(Nc2ccc(/C(C)=N\Nc3cccc(C)c3)cc2)S1. The molecule has 4 nitrogen and oxygen atoms in total. The highest BCUT2D eigenvalue weighted by molar-refractivity contribution is 8.15. The summed E-state index contributed by atoms with van der Waals surface area (Å²) in [6, 6.07) is 16.5. The van der Waals surface area contributed by atoms with Gasteiger partial charge in [-0.2, -0.15) is 5.10 Å². The molecule has 0 saturated carbocycles. The highest BCUT2D eigenvalue weighted by Crippen LogP contribution is 2.24. The second-order valence-corrected chi connectivity index (χ2v) is 7.46. The van der Waals surface area contributed by atoms with Crippen molar-refractivity contribution in [2.75, 3.05) is 17.3 Å². The largest absolute Gasteiger partial charge is 0.335 e. The number of nitrogens with zero attached hydrogens (tertiary/aromatic N) is 2. The van der Waals surface area contributed by atoms with E-state index in [-0.39, 0.29) is 0 Å². The van der Waals surface area contributed by atoms with Gasteiger partial charge in [0.05, 0.1) is 17.9 Å². The lowest BCUT2D eigenvalue weighted by molar-refractivity contribution is 0.843. The van der Waals surface area contributed by atoms with Gasteiger partial charge in [0, 0.05) is 10.9 Å². The minimum atomic E-state index is 0.615. The average molecular weight is 353 g/mol. The molecule has 0 radical (unpaired) electrons. The number of aliphatic imine (C=N–C) groups is 1. The van der Waals surface area contributed by atoms with Gasteiger partial charge in [-0.1, -0.05) is 43.0 Å². The number of thioether (sulfide) groups is 1. The predicted molar refractivity (Wildman–Crippen MR) is 111 cm³/mol. The fourth-order valence-corrected chi connectivity index (χ4v) is 3.50. The van der Waals surface area contributed by atoms with Crippen LogP contribution >= 0.6 is 11.8 Å². The van der Waals surface area contributed by atoms with Crippen LogP contribution in [0, 0.1) is 6.92 Å². The van der Waals surface area contributed by atoms with Gasteiger partial charge in [-0.3, -0.25) is 10.4 Å². The van der Waals surface area contributed by atoms with Crippen LogP contribution in [0.4, 0.5) is 11.4 Å². The molecule has 2 aromatic rings. The van der Waals surface area contributed by atoms with Crippen LogP contribution in [0.3, 0.4) is 0 Å². The summed E-state index contributed by atoms with van der Waals surface area (Å²) in [6.07, 6.45) is 1.15. The zero-order valence-electron chi connectivity index (χ0n) is 14.9. The molecule has 25 heavy (non-hydrogen) atoms. The van der Waals surface area contributed by atoms with Gasteiger partial charge in [0.15, 0.2) is 5.17 Å². The van der Waals surface area contributed by atoms with Gasteiger partial charge in [0.25, 0.3) is 0 Å². The van der Waals surface area contributed by atoms with Gasteiger partial charge in [0.1, 0.15) is 0 Å². The lowest BCUT2D eigenvalue weighted by atomic mass is 10.1. The van der Waals surface area contributed by atoms with Gasteiger partial charge in [-0.15, -0.1) is 0 Å². The first-order chi connectivity index (χ1) is 12.1. The third kappa shape index (κ3) is 4.86. The van der Waals surface area contributed by atoms with E-state index in [2.05, 4.69) is 71.1 Å². The van der Waals surface area contributed by atoms with Crippen molar-refractivity contribution in [3.63, 3.8) is 0 Å². The summed E-state index contributed by atoms with van der Waals surface area (Å²) in [7, 11) is 0. The maximum absolute atomic E-state index is 4.55. The number of anilines is 2. The third-order valence-electron chi connectivity index (χ3n) is 4.10. The number of rotatable bonds is 5. The minimum Gasteiger partial charge on any atom is -0.335 e. The monoisotopic (exact) mass is 352 g/mol. The van der Waals surface area contributed by atoms with Crippen LogP contribution in [-0.2, 0) is 0 Å². The molecule has 3 rings (SSSR count). The number of nitrogens with one attached hydrogen (secondary N) is 2. The van der Waals surface area contributed by atoms with Crippen molar-refractivity contribution in [3.8, 4) is 0 Å². The predicted octanol–water partition coefficient (Wildman–Crippen LogP) is 5.12. The molecule has 0 fully saturated rings. The Labute approximate surface area is 153 Å². The zero-order chi connectivity index (χ0) is 17.6. The Morgan fingerprint density at radius 2 is 2.00 bits per heavy atom. The quantitative estimate of drug-likeness (QED) is 0.580. The molecule has 0 aliphatic carbocycles. The van der Waals surface area contributed by atoms with Gasteiger partial charge >= 0.3 is 0 Å². The molecule has 2 N–H and O–H groups in total. The Morgan fingerprint density at radius 3 is 2.68 bits per heavy atom. The van der Waals surface area contributed by atoms with Crippen molar-refractivity contribution in [1.29, 1.82) is 0 Å². The minimum absolute atomic E-state index is 0.615. The van der Waals surface area contributed by atoms with Gasteiger partial charge < -0.3 is 5.32 Å². The van der Waals surface area contributed by atoms with E-state index >= 15 is 0 Å². The van der Waals surface area contributed by atoms with Crippen LogP contribution in [0.15, 0.2) is 58.6 Å². The van der Waals surface area contributed by atoms with Crippen molar-refractivity contribution < 1.29 is 0 Å². The number of hydrogen-bond acceptors (Lipinski definition) is 5. The molecule has 0 amide bonds. The standard InChI is InChI=1S/C20H24N4S/c1-4-19-13-21-20(25-19)22-17-10-8-16(9-11-17)15(3)23-24-18-7-5-6-14(2)12-18/h5-12,19,24H,4,13H2,1-3H3,(H,21,22)/b23-15-/t19-/m0/s1. The molecule has 5 heteroatoms. The fraction of sp³-hybridized carbons (Fsp3) is 0.300. The molecular weight excluding hydrogens is 328 g/mol. The first-order valence-corrected chi connectivity index (χ1v) is 9.47. The third-order valence-corrected chi connectivity index (χ3v) is 5.37. The summed E-state index contributed by atoms with van der Waals surface area (Å²) in [5, 5.41) is 9.51. The molecule has 1 aliphatic rings. The summed E-state index contributed by atoms with van der Waals surface area (Å²) in [6.45, 7) is 7.20. The first-order valence-electron chi connectivity index (χ1n) is 8.59. The van der Waals surface area contributed by atoms with Gasteiger partial charge in [0.2, 0.25) is 0 Å². The lowest BCUT2D eigenvalue weighted by Crippen LogP contribution is -2.07. The summed E-state index contributed by atoms with van der Waals surface area (Å²) in [5.74, 6) is 0. The van der Waals surface area contributed by atoms with Crippen LogP contribution in [0.5, 0.6) is 0 Å². The number of hydrogen-bond donors (Lipinski definition) is 2. The Morgan fingerprint density at radius 1 is 1.20 bits per heavy atom. The van der Waals surface area contributed by atoms with Crippen molar-refractivity contribution in [2.45, 2.75) is 32.4 Å². The summed E-state index contributed by atoms with van der Waals surface area (Å²) >= 11 is 1.83.